The number of nitriles is 1. The number of methoxy groups -OCH3 is 1. The van der Waals surface area contributed by atoms with Crippen LogP contribution in [0, 0.1) is 21.4 Å². The number of carbonyl (C=O) groups excluding carboxylic acids is 1. The first-order valence-corrected chi connectivity index (χ1v) is 7.60. The number of ether oxygens (including phenoxy) is 1. The fraction of sp³-hybridized carbons (Fsp3) is 0.0769. The maximum Gasteiger partial charge on any atom is 0.357 e. The number of carbonyl (C=O) groups is 1. The number of nitro groups is 1. The molecular formula is C13H7BrCl2N4O4. The summed E-state index contributed by atoms with van der Waals surface area (Å²) < 4.78 is 5.77. The molecule has 11 heteroatoms. The van der Waals surface area contributed by atoms with Crippen LogP contribution in [0.5, 0.6) is 0 Å². The molecule has 24 heavy (non-hydrogen) atoms. The third-order valence-corrected chi connectivity index (χ3v) is 4.89. The summed E-state index contributed by atoms with van der Waals surface area (Å²) in [5.41, 5.74) is 4.77. The predicted molar refractivity (Wildman–Crippen MR) is 90.6 cm³/mol. The number of nitrogens with zero attached hydrogens (tertiary/aromatic N) is 3. The van der Waals surface area contributed by atoms with Crippen LogP contribution in [0.2, 0.25) is 10.0 Å². The van der Waals surface area contributed by atoms with Crippen molar-refractivity contribution in [2.75, 3.05) is 12.8 Å². The summed E-state index contributed by atoms with van der Waals surface area (Å²) in [4.78, 5) is 22.7. The summed E-state index contributed by atoms with van der Waals surface area (Å²) in [5, 5.41) is 20.4. The molecule has 2 rings (SSSR count). The van der Waals surface area contributed by atoms with Crippen molar-refractivity contribution in [3.05, 3.63) is 48.2 Å². The molecular weight excluding hydrogens is 427 g/mol. The van der Waals surface area contributed by atoms with Crippen LogP contribution >= 0.6 is 39.1 Å². The monoisotopic (exact) mass is 432 g/mol. The molecule has 1 aromatic heterocycles. The lowest BCUT2D eigenvalue weighted by Crippen LogP contribution is -2.12. The molecule has 0 saturated carbocycles. The zero-order valence-corrected chi connectivity index (χ0v) is 14.9. The Balaban J connectivity index is 2.97. The molecule has 0 aliphatic rings. The average Bonchev–Trinajstić information content (AvgIpc) is 2.87. The Labute approximate surface area is 153 Å². The fourth-order valence-corrected chi connectivity index (χ4v) is 3.10. The van der Waals surface area contributed by atoms with Crippen molar-refractivity contribution in [3.63, 3.8) is 0 Å². The number of aromatic nitrogens is 1. The van der Waals surface area contributed by atoms with E-state index in [1.54, 1.807) is 6.07 Å². The van der Waals surface area contributed by atoms with Crippen LogP contribution < -0.4 is 5.73 Å². The average molecular weight is 434 g/mol. The highest BCUT2D eigenvalue weighted by molar-refractivity contribution is 9.10. The number of halogens is 3. The first kappa shape index (κ1) is 18.1. The minimum atomic E-state index is -0.874. The molecule has 1 aromatic carbocycles. The smallest absolute Gasteiger partial charge is 0.357 e. The van der Waals surface area contributed by atoms with Gasteiger partial charge in [-0.05, 0) is 15.9 Å². The van der Waals surface area contributed by atoms with Gasteiger partial charge in [-0.15, -0.1) is 0 Å². The van der Waals surface area contributed by atoms with Crippen molar-refractivity contribution in [2.24, 2.45) is 0 Å². The second kappa shape index (κ2) is 6.68. The van der Waals surface area contributed by atoms with Crippen molar-refractivity contribution in [1.29, 1.82) is 5.26 Å². The standard InChI is InChI=1S/C13H7BrCl2N4O4/c1-24-13(21)12-10(18)5(3-17)4-19(12)11-7(20(22)23)2-6(15)9(16)8(11)14/h2,4H,18H2,1H3. The van der Waals surface area contributed by atoms with Gasteiger partial charge in [0.15, 0.2) is 5.69 Å². The molecule has 8 nitrogen and oxygen atoms in total. The number of anilines is 1. The molecule has 0 saturated heterocycles. The van der Waals surface area contributed by atoms with Crippen LogP contribution in [0.25, 0.3) is 5.69 Å². The molecule has 0 fully saturated rings. The van der Waals surface area contributed by atoms with Gasteiger partial charge in [0, 0.05) is 12.3 Å². The largest absolute Gasteiger partial charge is 0.464 e. The molecule has 2 N–H and O–H groups in total. The van der Waals surface area contributed by atoms with E-state index in [9.17, 15) is 14.9 Å². The van der Waals surface area contributed by atoms with E-state index in [0.717, 1.165) is 17.7 Å². The lowest BCUT2D eigenvalue weighted by molar-refractivity contribution is -0.384. The predicted octanol–water partition coefficient (Wildman–Crippen LogP) is 3.70. The molecule has 0 aliphatic carbocycles. The van der Waals surface area contributed by atoms with Gasteiger partial charge in [-0.25, -0.2) is 4.79 Å². The third kappa shape index (κ3) is 2.80. The molecule has 0 spiro atoms. The van der Waals surface area contributed by atoms with E-state index in [-0.39, 0.29) is 37.2 Å². The Bertz CT molecular complexity index is 920. The van der Waals surface area contributed by atoms with Crippen molar-refractivity contribution < 1.29 is 14.5 Å². The van der Waals surface area contributed by atoms with E-state index < -0.39 is 16.6 Å². The number of nitrogens with two attached hydrogens (primary N) is 1. The Kier molecular flexibility index (Phi) is 5.03. The summed E-state index contributed by atoms with van der Waals surface area (Å²) in [6.45, 7) is 0. The van der Waals surface area contributed by atoms with Gasteiger partial charge in [0.1, 0.15) is 11.8 Å². The highest BCUT2D eigenvalue weighted by atomic mass is 79.9. The highest BCUT2D eigenvalue weighted by Crippen LogP contribution is 2.42. The number of rotatable bonds is 3. The topological polar surface area (TPSA) is 124 Å². The molecule has 0 radical (unpaired) electrons. The van der Waals surface area contributed by atoms with E-state index >= 15 is 0 Å². The summed E-state index contributed by atoms with van der Waals surface area (Å²) >= 11 is 15.0. The van der Waals surface area contributed by atoms with Gasteiger partial charge >= 0.3 is 5.97 Å². The maximum absolute atomic E-state index is 12.0. The van der Waals surface area contributed by atoms with E-state index in [1.165, 1.54) is 6.20 Å². The minimum absolute atomic E-state index is 0.00105. The van der Waals surface area contributed by atoms with Crippen molar-refractivity contribution in [1.82, 2.24) is 4.57 Å². The van der Waals surface area contributed by atoms with E-state index in [1.807, 2.05) is 0 Å². The van der Waals surface area contributed by atoms with Gasteiger partial charge in [-0.2, -0.15) is 5.26 Å². The zero-order valence-electron chi connectivity index (χ0n) is 11.8. The fourth-order valence-electron chi connectivity index (χ4n) is 2.03. The first-order chi connectivity index (χ1) is 11.2. The highest BCUT2D eigenvalue weighted by Gasteiger charge is 2.29. The van der Waals surface area contributed by atoms with Crippen LogP contribution in [-0.4, -0.2) is 22.6 Å². The minimum Gasteiger partial charge on any atom is -0.464 e. The second-order valence-corrected chi connectivity index (χ2v) is 5.97. The number of nitro benzene ring substituents is 1. The van der Waals surface area contributed by atoms with Gasteiger partial charge in [0.2, 0.25) is 0 Å². The molecule has 0 bridgehead atoms. The second-order valence-electron chi connectivity index (χ2n) is 4.39. The molecule has 2 aromatic rings. The van der Waals surface area contributed by atoms with E-state index in [2.05, 4.69) is 20.7 Å². The molecule has 0 atom stereocenters. The Morgan fingerprint density at radius 1 is 1.54 bits per heavy atom. The van der Waals surface area contributed by atoms with Crippen LogP contribution in [0.1, 0.15) is 16.1 Å². The SMILES string of the molecule is COC(=O)c1c(N)c(C#N)cn1-c1c([N+](=O)[O-])cc(Cl)c(Cl)c1Br. The number of hydrogen-bond donors (Lipinski definition) is 1. The zero-order chi connectivity index (χ0) is 18.2. The quantitative estimate of drug-likeness (QED) is 0.340. The normalized spacial score (nSPS) is 10.3. The lowest BCUT2D eigenvalue weighted by Gasteiger charge is -2.12. The van der Waals surface area contributed by atoms with Gasteiger partial charge in [0.05, 0.1) is 37.8 Å². The summed E-state index contributed by atoms with van der Waals surface area (Å²) in [6.07, 6.45) is 1.18. The van der Waals surface area contributed by atoms with Gasteiger partial charge < -0.3 is 15.0 Å². The van der Waals surface area contributed by atoms with E-state index in [4.69, 9.17) is 34.2 Å². The number of esters is 1. The van der Waals surface area contributed by atoms with Crippen LogP contribution in [-0.2, 0) is 4.74 Å². The van der Waals surface area contributed by atoms with Gasteiger partial charge in [-0.1, -0.05) is 23.2 Å². The van der Waals surface area contributed by atoms with Gasteiger partial charge in [-0.3, -0.25) is 10.1 Å². The van der Waals surface area contributed by atoms with Gasteiger partial charge in [0.25, 0.3) is 5.69 Å². The Hall–Kier alpha value is -2.28. The number of hydrogen-bond acceptors (Lipinski definition) is 6. The molecule has 0 unspecified atom stereocenters. The third-order valence-electron chi connectivity index (χ3n) is 3.10. The number of nitrogen functional groups attached to an aromatic ring is 1. The molecule has 124 valence electrons. The maximum atomic E-state index is 12.0. The van der Waals surface area contributed by atoms with Crippen molar-refractivity contribution in [2.45, 2.75) is 0 Å². The number of benzene rings is 1. The van der Waals surface area contributed by atoms with E-state index in [0.29, 0.717) is 0 Å². The molecule has 0 amide bonds. The van der Waals surface area contributed by atoms with Crippen molar-refractivity contribution in [3.8, 4) is 11.8 Å². The first-order valence-electron chi connectivity index (χ1n) is 6.06. The lowest BCUT2D eigenvalue weighted by atomic mass is 10.2. The van der Waals surface area contributed by atoms with Crippen molar-refractivity contribution >= 4 is 56.5 Å². The molecule has 0 aliphatic heterocycles. The summed E-state index contributed by atoms with van der Waals surface area (Å²) in [7, 11) is 1.11. The Morgan fingerprint density at radius 2 is 2.17 bits per heavy atom. The summed E-state index contributed by atoms with van der Waals surface area (Å²) in [6, 6.07) is 2.84. The van der Waals surface area contributed by atoms with Crippen LogP contribution in [0.4, 0.5) is 11.4 Å². The summed E-state index contributed by atoms with van der Waals surface area (Å²) in [5.74, 6) is -0.874. The van der Waals surface area contributed by atoms with Crippen LogP contribution in [0.15, 0.2) is 16.7 Å². The molecule has 1 heterocycles. The Morgan fingerprint density at radius 3 is 2.67 bits per heavy atom. The van der Waals surface area contributed by atoms with Crippen LogP contribution in [0.3, 0.4) is 0 Å².